The van der Waals surface area contributed by atoms with Crippen LogP contribution in [0, 0.1) is 11.6 Å². The number of carbonyl (C=O) groups is 2. The van der Waals surface area contributed by atoms with Crippen molar-refractivity contribution in [2.45, 2.75) is 50.5 Å². The van der Waals surface area contributed by atoms with Crippen molar-refractivity contribution in [2.75, 3.05) is 25.0 Å². The van der Waals surface area contributed by atoms with Gasteiger partial charge in [0.1, 0.15) is 11.6 Å². The molecular formula is C28H33F2N5O2. The number of allylic oxidation sites excluding steroid dienone is 5. The molecule has 2 amide bonds. The lowest BCUT2D eigenvalue weighted by atomic mass is 9.69. The number of hydrogen-bond donors (Lipinski definition) is 3. The maximum Gasteiger partial charge on any atom is 0.244 e. The third kappa shape index (κ3) is 6.60. The van der Waals surface area contributed by atoms with E-state index in [2.05, 4.69) is 38.4 Å². The highest BCUT2D eigenvalue weighted by Crippen LogP contribution is 2.44. The summed E-state index contributed by atoms with van der Waals surface area (Å²) in [5.41, 5.74) is 1.97. The molecule has 1 aliphatic carbocycles. The number of aromatic nitrogens is 2. The van der Waals surface area contributed by atoms with Gasteiger partial charge < -0.3 is 15.5 Å². The highest BCUT2D eigenvalue weighted by molar-refractivity contribution is 5.94. The summed E-state index contributed by atoms with van der Waals surface area (Å²) < 4.78 is 26.7. The zero-order valence-corrected chi connectivity index (χ0v) is 21.0. The topological polar surface area (TPSA) is 90.1 Å². The number of benzene rings is 1. The number of rotatable bonds is 10. The monoisotopic (exact) mass is 509 g/mol. The zero-order chi connectivity index (χ0) is 26.4. The van der Waals surface area contributed by atoms with Crippen LogP contribution in [-0.4, -0.2) is 52.6 Å². The quantitative estimate of drug-likeness (QED) is 0.420. The van der Waals surface area contributed by atoms with Gasteiger partial charge in [-0.25, -0.2) is 8.78 Å². The number of H-pyrrole nitrogens is 1. The van der Waals surface area contributed by atoms with Crippen molar-refractivity contribution in [3.63, 3.8) is 0 Å². The molecule has 9 heteroatoms. The molecule has 1 saturated heterocycles. The molecule has 2 fully saturated rings. The first-order valence-corrected chi connectivity index (χ1v) is 12.6. The second-order valence-corrected chi connectivity index (χ2v) is 9.65. The van der Waals surface area contributed by atoms with Crippen LogP contribution < -0.4 is 10.6 Å². The van der Waals surface area contributed by atoms with Crippen molar-refractivity contribution < 1.29 is 18.4 Å². The van der Waals surface area contributed by atoms with Crippen LogP contribution in [0.2, 0.25) is 0 Å². The van der Waals surface area contributed by atoms with Gasteiger partial charge in [-0.2, -0.15) is 5.10 Å². The molecule has 37 heavy (non-hydrogen) atoms. The summed E-state index contributed by atoms with van der Waals surface area (Å²) in [4.78, 5) is 27.2. The van der Waals surface area contributed by atoms with E-state index in [1.165, 1.54) is 12.8 Å². The standard InChI is InChI=1S/C28H33F2N5O2/c1-3-5-20(6-4-2)28(9-11-35(12-10-28)23-7-8-23)24-17-25(34-33-24)32-27(37)18-31-26(36)15-19-13-21(29)16-22(30)14-19/h3-6,13-14,16-17,23H,1,7-12,15,18H2,2H3,(H,31,36)(H2,32,33,34,37)/b6-4-,20-5+. The van der Waals surface area contributed by atoms with Gasteiger partial charge in [0.05, 0.1) is 13.0 Å². The number of hydrogen-bond acceptors (Lipinski definition) is 4. The molecule has 0 radical (unpaired) electrons. The van der Waals surface area contributed by atoms with E-state index in [0.29, 0.717) is 11.9 Å². The normalized spacial score (nSPS) is 18.1. The number of carbonyl (C=O) groups excluding carboxylic acids is 2. The number of nitrogens with zero attached hydrogens (tertiary/aromatic N) is 2. The predicted molar refractivity (Wildman–Crippen MR) is 139 cm³/mol. The van der Waals surface area contributed by atoms with Gasteiger partial charge in [-0.05, 0) is 69.0 Å². The average molecular weight is 510 g/mol. The lowest BCUT2D eigenvalue weighted by Crippen LogP contribution is -2.44. The van der Waals surface area contributed by atoms with Gasteiger partial charge in [-0.1, -0.05) is 30.9 Å². The summed E-state index contributed by atoms with van der Waals surface area (Å²) in [5.74, 6) is -2.12. The Bertz CT molecular complexity index is 1190. The molecule has 2 aromatic rings. The van der Waals surface area contributed by atoms with E-state index in [4.69, 9.17) is 0 Å². The Morgan fingerprint density at radius 1 is 1.16 bits per heavy atom. The second kappa shape index (κ2) is 11.6. The van der Waals surface area contributed by atoms with E-state index in [1.54, 1.807) is 6.08 Å². The SMILES string of the molecule is C=C/C=C(\C=C/C)C1(c2cc(NC(=O)CNC(=O)Cc3cc(F)cc(F)c3)n[nH]2)CCN(C2CC2)CC1. The Morgan fingerprint density at radius 3 is 2.49 bits per heavy atom. The Hall–Kier alpha value is -3.59. The molecule has 0 unspecified atom stereocenters. The fourth-order valence-corrected chi connectivity index (χ4v) is 5.06. The Morgan fingerprint density at radius 2 is 1.86 bits per heavy atom. The Labute approximate surface area is 215 Å². The molecule has 196 valence electrons. The minimum atomic E-state index is -0.758. The molecule has 7 nitrogen and oxygen atoms in total. The largest absolute Gasteiger partial charge is 0.347 e. The van der Waals surface area contributed by atoms with Gasteiger partial charge in [-0.3, -0.25) is 14.7 Å². The molecule has 1 saturated carbocycles. The predicted octanol–water partition coefficient (Wildman–Crippen LogP) is 4.17. The summed E-state index contributed by atoms with van der Waals surface area (Å²) in [6.45, 7) is 7.56. The van der Waals surface area contributed by atoms with Crippen LogP contribution in [-0.2, 0) is 21.4 Å². The molecule has 1 aliphatic heterocycles. The number of halogens is 2. The van der Waals surface area contributed by atoms with E-state index < -0.39 is 23.4 Å². The van der Waals surface area contributed by atoms with Crippen LogP contribution in [0.4, 0.5) is 14.6 Å². The summed E-state index contributed by atoms with van der Waals surface area (Å²) in [5, 5.41) is 12.6. The summed E-state index contributed by atoms with van der Waals surface area (Å²) >= 11 is 0. The molecule has 2 heterocycles. The number of aromatic amines is 1. The first kappa shape index (κ1) is 26.5. The molecule has 4 rings (SSSR count). The third-order valence-corrected chi connectivity index (χ3v) is 7.01. The zero-order valence-electron chi connectivity index (χ0n) is 21.0. The van der Waals surface area contributed by atoms with Gasteiger partial charge in [0.15, 0.2) is 5.82 Å². The van der Waals surface area contributed by atoms with Crippen LogP contribution in [0.1, 0.15) is 43.9 Å². The highest BCUT2D eigenvalue weighted by Gasteiger charge is 2.43. The van der Waals surface area contributed by atoms with Gasteiger partial charge in [-0.15, -0.1) is 0 Å². The number of likely N-dealkylation sites (tertiary alicyclic amines) is 1. The number of nitrogens with one attached hydrogen (secondary N) is 3. The molecule has 0 bridgehead atoms. The minimum Gasteiger partial charge on any atom is -0.347 e. The smallest absolute Gasteiger partial charge is 0.244 e. The van der Waals surface area contributed by atoms with Gasteiger partial charge in [0.25, 0.3) is 0 Å². The van der Waals surface area contributed by atoms with E-state index in [0.717, 1.165) is 55.4 Å². The maximum atomic E-state index is 13.3. The third-order valence-electron chi connectivity index (χ3n) is 7.01. The van der Waals surface area contributed by atoms with Crippen molar-refractivity contribution in [3.8, 4) is 0 Å². The maximum absolute atomic E-state index is 13.3. The van der Waals surface area contributed by atoms with Crippen LogP contribution >= 0.6 is 0 Å². The molecule has 1 aromatic heterocycles. The Kier molecular flexibility index (Phi) is 8.33. The first-order valence-electron chi connectivity index (χ1n) is 12.6. The molecule has 2 aliphatic rings. The van der Waals surface area contributed by atoms with E-state index in [9.17, 15) is 18.4 Å². The van der Waals surface area contributed by atoms with Crippen molar-refractivity contribution in [1.29, 1.82) is 0 Å². The molecule has 0 atom stereocenters. The van der Waals surface area contributed by atoms with Crippen LogP contribution in [0.3, 0.4) is 0 Å². The highest BCUT2D eigenvalue weighted by atomic mass is 19.1. The average Bonchev–Trinajstić information content (AvgIpc) is 3.60. The van der Waals surface area contributed by atoms with E-state index >= 15 is 0 Å². The van der Waals surface area contributed by atoms with Gasteiger partial charge in [0, 0.05) is 29.3 Å². The second-order valence-electron chi connectivity index (χ2n) is 9.65. The fraction of sp³-hybridized carbons (Fsp3) is 0.393. The van der Waals surface area contributed by atoms with E-state index in [-0.39, 0.29) is 23.9 Å². The van der Waals surface area contributed by atoms with Crippen molar-refractivity contribution in [2.24, 2.45) is 0 Å². The molecule has 0 spiro atoms. The van der Waals surface area contributed by atoms with E-state index in [1.807, 2.05) is 25.1 Å². The summed E-state index contributed by atoms with van der Waals surface area (Å²) in [6, 6.07) is 5.46. The lowest BCUT2D eigenvalue weighted by Gasteiger charge is -2.42. The summed E-state index contributed by atoms with van der Waals surface area (Å²) in [6.07, 6.45) is 12.1. The molecule has 3 N–H and O–H groups in total. The Balaban J connectivity index is 1.40. The lowest BCUT2D eigenvalue weighted by molar-refractivity contribution is -0.123. The minimum absolute atomic E-state index is 0.190. The fourth-order valence-electron chi connectivity index (χ4n) is 5.06. The van der Waals surface area contributed by atoms with Gasteiger partial charge >= 0.3 is 0 Å². The van der Waals surface area contributed by atoms with Crippen molar-refractivity contribution in [1.82, 2.24) is 20.4 Å². The number of piperidine rings is 1. The molecular weight excluding hydrogens is 476 g/mol. The van der Waals surface area contributed by atoms with Crippen LogP contribution in [0.15, 0.2) is 60.7 Å². The van der Waals surface area contributed by atoms with Gasteiger partial charge in [0.2, 0.25) is 11.8 Å². The first-order chi connectivity index (χ1) is 17.8. The number of anilines is 1. The van der Waals surface area contributed by atoms with Crippen molar-refractivity contribution >= 4 is 17.6 Å². The van der Waals surface area contributed by atoms with Crippen LogP contribution in [0.5, 0.6) is 0 Å². The van der Waals surface area contributed by atoms with Crippen LogP contribution in [0.25, 0.3) is 0 Å². The summed E-state index contributed by atoms with van der Waals surface area (Å²) in [7, 11) is 0. The molecule has 1 aromatic carbocycles. The van der Waals surface area contributed by atoms with Crippen molar-refractivity contribution in [3.05, 3.63) is 83.6 Å². The number of amides is 2.